The second-order valence-electron chi connectivity index (χ2n) is 7.17. The van der Waals surface area contributed by atoms with Crippen LogP contribution in [0.15, 0.2) is 59.9 Å². The number of rotatable bonds is 5. The van der Waals surface area contributed by atoms with Crippen molar-refractivity contribution in [1.82, 2.24) is 20.0 Å². The third-order valence-corrected chi connectivity index (χ3v) is 5.36. The fourth-order valence-corrected chi connectivity index (χ4v) is 3.81. The van der Waals surface area contributed by atoms with Gasteiger partial charge < -0.3 is 19.7 Å². The molecule has 0 saturated carbocycles. The molecule has 0 bridgehead atoms. The van der Waals surface area contributed by atoms with Crippen LogP contribution in [0.3, 0.4) is 0 Å². The number of benzene rings is 2. The third kappa shape index (κ3) is 5.12. The normalized spacial score (nSPS) is 13.3. The van der Waals surface area contributed by atoms with E-state index in [4.69, 9.17) is 9.47 Å². The van der Waals surface area contributed by atoms with Gasteiger partial charge in [-0.3, -0.25) is 4.99 Å². The van der Waals surface area contributed by atoms with E-state index in [1.807, 2.05) is 30.1 Å². The van der Waals surface area contributed by atoms with Crippen LogP contribution >= 0.6 is 24.0 Å². The minimum atomic E-state index is 0. The van der Waals surface area contributed by atoms with Crippen LogP contribution in [0.25, 0.3) is 5.69 Å². The summed E-state index contributed by atoms with van der Waals surface area (Å²) in [4.78, 5) is 6.78. The van der Waals surface area contributed by atoms with Gasteiger partial charge in [0.15, 0.2) is 17.5 Å². The number of nitrogens with zero attached hydrogens (tertiary/aromatic N) is 4. The van der Waals surface area contributed by atoms with E-state index >= 15 is 0 Å². The standard InChI is InChI=1S/C23H27N5O2.HI/c1-24-23(25-15-17-6-4-7-20(12-17)28-10-5-9-26-28)27-11-8-18-13-21(29-2)22(30-3)14-19(18)16-27;/h4-7,9-10,12-14H,8,11,15-16H2,1-3H3,(H,24,25);1H. The summed E-state index contributed by atoms with van der Waals surface area (Å²) >= 11 is 0. The molecule has 7 nitrogen and oxygen atoms in total. The molecule has 0 aliphatic carbocycles. The summed E-state index contributed by atoms with van der Waals surface area (Å²) in [6.07, 6.45) is 4.66. The second kappa shape index (κ2) is 10.5. The van der Waals surface area contributed by atoms with Crippen LogP contribution in [0.1, 0.15) is 16.7 Å². The molecule has 2 aromatic carbocycles. The first-order valence-corrected chi connectivity index (χ1v) is 10.00. The van der Waals surface area contributed by atoms with Crippen LogP contribution in [0.2, 0.25) is 0 Å². The van der Waals surface area contributed by atoms with Crippen molar-refractivity contribution < 1.29 is 9.47 Å². The lowest BCUT2D eigenvalue weighted by Gasteiger charge is -2.32. The van der Waals surface area contributed by atoms with Crippen molar-refractivity contribution >= 4 is 29.9 Å². The zero-order valence-electron chi connectivity index (χ0n) is 18.0. The summed E-state index contributed by atoms with van der Waals surface area (Å²) in [5.74, 6) is 2.43. The number of fused-ring (bicyclic) bond motifs is 1. The minimum absolute atomic E-state index is 0. The molecule has 3 aromatic rings. The quantitative estimate of drug-likeness (QED) is 0.309. The molecule has 0 spiro atoms. The molecule has 0 amide bonds. The number of aliphatic imine (C=N–C) groups is 1. The molecule has 31 heavy (non-hydrogen) atoms. The predicted molar refractivity (Wildman–Crippen MR) is 133 cm³/mol. The molecule has 0 unspecified atom stereocenters. The fourth-order valence-electron chi connectivity index (χ4n) is 3.81. The van der Waals surface area contributed by atoms with E-state index in [1.165, 1.54) is 16.7 Å². The van der Waals surface area contributed by atoms with Gasteiger partial charge in [0.25, 0.3) is 0 Å². The molecular weight excluding hydrogens is 505 g/mol. The van der Waals surface area contributed by atoms with Crippen LogP contribution in [0.5, 0.6) is 11.5 Å². The number of hydrogen-bond donors (Lipinski definition) is 1. The number of halogens is 1. The Bertz CT molecular complexity index is 1040. The van der Waals surface area contributed by atoms with E-state index in [9.17, 15) is 0 Å². The highest BCUT2D eigenvalue weighted by Gasteiger charge is 2.21. The molecule has 0 radical (unpaired) electrons. The maximum absolute atomic E-state index is 5.48. The number of aromatic nitrogens is 2. The summed E-state index contributed by atoms with van der Waals surface area (Å²) in [5, 5.41) is 7.81. The monoisotopic (exact) mass is 533 g/mol. The van der Waals surface area contributed by atoms with Crippen LogP contribution in [0, 0.1) is 0 Å². The fraction of sp³-hybridized carbons (Fsp3) is 0.304. The smallest absolute Gasteiger partial charge is 0.194 e. The molecule has 1 aliphatic heterocycles. The third-order valence-electron chi connectivity index (χ3n) is 5.36. The first-order valence-electron chi connectivity index (χ1n) is 10.00. The van der Waals surface area contributed by atoms with E-state index in [1.54, 1.807) is 20.4 Å². The zero-order chi connectivity index (χ0) is 20.9. The summed E-state index contributed by atoms with van der Waals surface area (Å²) in [5.41, 5.74) is 4.75. The van der Waals surface area contributed by atoms with Crippen molar-refractivity contribution in [3.05, 3.63) is 71.5 Å². The first-order chi connectivity index (χ1) is 14.7. The summed E-state index contributed by atoms with van der Waals surface area (Å²) in [6, 6.07) is 14.4. The van der Waals surface area contributed by atoms with Gasteiger partial charge in [-0.25, -0.2) is 4.68 Å². The number of ether oxygens (including phenoxy) is 2. The average molecular weight is 533 g/mol. The molecule has 8 heteroatoms. The molecule has 1 N–H and O–H groups in total. The van der Waals surface area contributed by atoms with Crippen molar-refractivity contribution in [1.29, 1.82) is 0 Å². The molecule has 2 heterocycles. The van der Waals surface area contributed by atoms with Gasteiger partial charge in [0.05, 0.1) is 19.9 Å². The van der Waals surface area contributed by atoms with Crippen LogP contribution in [-0.2, 0) is 19.5 Å². The van der Waals surface area contributed by atoms with Crippen molar-refractivity contribution in [2.45, 2.75) is 19.5 Å². The van der Waals surface area contributed by atoms with Gasteiger partial charge in [-0.1, -0.05) is 12.1 Å². The molecular formula is C23H28IN5O2. The lowest BCUT2D eigenvalue weighted by molar-refractivity contribution is 0.346. The van der Waals surface area contributed by atoms with Crippen molar-refractivity contribution in [2.24, 2.45) is 4.99 Å². The van der Waals surface area contributed by atoms with Crippen molar-refractivity contribution in [3.8, 4) is 17.2 Å². The van der Waals surface area contributed by atoms with Crippen LogP contribution in [0.4, 0.5) is 0 Å². The van der Waals surface area contributed by atoms with E-state index in [0.717, 1.165) is 42.7 Å². The Kier molecular flexibility index (Phi) is 7.78. The Morgan fingerprint density at radius 1 is 1.10 bits per heavy atom. The highest BCUT2D eigenvalue weighted by Crippen LogP contribution is 2.33. The number of hydrogen-bond acceptors (Lipinski definition) is 4. The minimum Gasteiger partial charge on any atom is -0.493 e. The largest absolute Gasteiger partial charge is 0.493 e. The topological polar surface area (TPSA) is 63.9 Å². The Morgan fingerprint density at radius 2 is 1.87 bits per heavy atom. The lowest BCUT2D eigenvalue weighted by Crippen LogP contribution is -2.43. The van der Waals surface area contributed by atoms with E-state index in [-0.39, 0.29) is 24.0 Å². The highest BCUT2D eigenvalue weighted by atomic mass is 127. The van der Waals surface area contributed by atoms with Crippen molar-refractivity contribution in [2.75, 3.05) is 27.8 Å². The molecule has 0 atom stereocenters. The van der Waals surface area contributed by atoms with Gasteiger partial charge in [0.1, 0.15) is 0 Å². The van der Waals surface area contributed by atoms with E-state index in [2.05, 4.69) is 50.6 Å². The van der Waals surface area contributed by atoms with E-state index in [0.29, 0.717) is 6.54 Å². The maximum atomic E-state index is 5.48. The Labute approximate surface area is 200 Å². The molecule has 4 rings (SSSR count). The van der Waals surface area contributed by atoms with Gasteiger partial charge >= 0.3 is 0 Å². The number of methoxy groups -OCH3 is 2. The first kappa shape index (κ1) is 22.9. The molecule has 1 aromatic heterocycles. The van der Waals surface area contributed by atoms with Gasteiger partial charge in [0.2, 0.25) is 0 Å². The average Bonchev–Trinajstić information content (AvgIpc) is 3.33. The Morgan fingerprint density at radius 3 is 2.55 bits per heavy atom. The molecule has 1 aliphatic rings. The number of nitrogens with one attached hydrogen (secondary N) is 1. The number of guanidine groups is 1. The summed E-state index contributed by atoms with van der Waals surface area (Å²) in [7, 11) is 5.17. The SMILES string of the molecule is CN=C(NCc1cccc(-n2cccn2)c1)N1CCc2cc(OC)c(OC)cc2C1.I. The maximum Gasteiger partial charge on any atom is 0.194 e. The van der Waals surface area contributed by atoms with Gasteiger partial charge in [0, 0.05) is 39.1 Å². The summed E-state index contributed by atoms with van der Waals surface area (Å²) in [6.45, 7) is 2.37. The molecule has 0 saturated heterocycles. The van der Waals surface area contributed by atoms with E-state index < -0.39 is 0 Å². The van der Waals surface area contributed by atoms with Crippen molar-refractivity contribution in [3.63, 3.8) is 0 Å². The lowest BCUT2D eigenvalue weighted by atomic mass is 9.99. The zero-order valence-corrected chi connectivity index (χ0v) is 20.4. The Hall–Kier alpha value is -2.75. The van der Waals surface area contributed by atoms with Crippen LogP contribution < -0.4 is 14.8 Å². The predicted octanol–water partition coefficient (Wildman–Crippen LogP) is 3.64. The summed E-state index contributed by atoms with van der Waals surface area (Å²) < 4.78 is 12.8. The molecule has 0 fully saturated rings. The van der Waals surface area contributed by atoms with Gasteiger partial charge in [-0.15, -0.1) is 24.0 Å². The van der Waals surface area contributed by atoms with Gasteiger partial charge in [-0.2, -0.15) is 5.10 Å². The van der Waals surface area contributed by atoms with Gasteiger partial charge in [-0.05, 0) is 53.4 Å². The Balaban J connectivity index is 0.00000272. The second-order valence-corrected chi connectivity index (χ2v) is 7.17. The highest BCUT2D eigenvalue weighted by molar-refractivity contribution is 14.0. The molecule has 164 valence electrons. The van der Waals surface area contributed by atoms with Crippen LogP contribution in [-0.4, -0.2) is 48.5 Å².